The van der Waals surface area contributed by atoms with Crippen LogP contribution in [0.1, 0.15) is 16.1 Å². The Labute approximate surface area is 192 Å². The highest BCUT2D eigenvalue weighted by molar-refractivity contribution is 7.90. The first kappa shape index (κ1) is 21.8. The molecule has 1 aliphatic heterocycles. The summed E-state index contributed by atoms with van der Waals surface area (Å²) in [5, 5.41) is 7.70. The third-order valence-electron chi connectivity index (χ3n) is 5.22. The molecule has 0 bridgehead atoms. The first-order valence-corrected chi connectivity index (χ1v) is 11.9. The van der Waals surface area contributed by atoms with Crippen LogP contribution in [0, 0.1) is 0 Å². The van der Waals surface area contributed by atoms with Crippen molar-refractivity contribution in [2.24, 2.45) is 0 Å². The van der Waals surface area contributed by atoms with Gasteiger partial charge in [0.25, 0.3) is 5.91 Å². The molecule has 2 heterocycles. The lowest BCUT2D eigenvalue weighted by Gasteiger charge is -2.06. The summed E-state index contributed by atoms with van der Waals surface area (Å²) >= 11 is 0. The van der Waals surface area contributed by atoms with Crippen LogP contribution in [-0.4, -0.2) is 36.7 Å². The maximum Gasteiger partial charge on any atom is 0.586 e. The van der Waals surface area contributed by atoms with Crippen LogP contribution in [0.5, 0.6) is 11.5 Å². The zero-order chi connectivity index (χ0) is 24.1. The van der Waals surface area contributed by atoms with Crippen LogP contribution in [0.15, 0.2) is 71.6 Å². The number of carbonyl (C=O) groups is 1. The number of alkyl halides is 2. The largest absolute Gasteiger partial charge is 0.586 e. The highest BCUT2D eigenvalue weighted by Gasteiger charge is 2.43. The Balaban J connectivity index is 1.42. The van der Waals surface area contributed by atoms with Crippen molar-refractivity contribution in [3.63, 3.8) is 0 Å². The molecule has 0 fully saturated rings. The lowest BCUT2D eigenvalue weighted by atomic mass is 10.2. The molecule has 11 heteroatoms. The predicted octanol–water partition coefficient (Wildman–Crippen LogP) is 4.06. The van der Waals surface area contributed by atoms with E-state index in [0.29, 0.717) is 17.4 Å². The Kier molecular flexibility index (Phi) is 5.01. The van der Waals surface area contributed by atoms with E-state index in [2.05, 4.69) is 19.9 Å². The monoisotopic (exact) mass is 485 g/mol. The van der Waals surface area contributed by atoms with E-state index < -0.39 is 22.0 Å². The molecule has 0 saturated carbocycles. The van der Waals surface area contributed by atoms with Crippen molar-refractivity contribution in [3.8, 4) is 11.5 Å². The Bertz CT molecular complexity index is 1530. The number of para-hydroxylation sites is 1. The standard InChI is InChI=1S/C23H17F2N3O5S/c1-34(30,31)16-9-6-14(7-10-16)13-28-18-5-3-2-4-17(18)21(27-28)22(29)26-15-8-11-19-20(12-15)33-23(24,25)32-19/h2-12H,13H2,1H3,(H,26,29). The molecule has 1 amide bonds. The number of anilines is 1. The summed E-state index contributed by atoms with van der Waals surface area (Å²) in [4.78, 5) is 13.2. The quantitative estimate of drug-likeness (QED) is 0.458. The Morgan fingerprint density at radius 1 is 1.03 bits per heavy atom. The summed E-state index contributed by atoms with van der Waals surface area (Å²) in [6.45, 7) is 0.303. The lowest BCUT2D eigenvalue weighted by molar-refractivity contribution is -0.286. The number of aromatic nitrogens is 2. The molecule has 0 unspecified atom stereocenters. The van der Waals surface area contributed by atoms with E-state index in [1.807, 2.05) is 12.1 Å². The number of nitrogens with zero attached hydrogens (tertiary/aromatic N) is 2. The molecule has 1 aliphatic rings. The molecule has 174 valence electrons. The second-order valence-corrected chi connectivity index (χ2v) is 9.74. The van der Waals surface area contributed by atoms with Gasteiger partial charge < -0.3 is 14.8 Å². The smallest absolute Gasteiger partial charge is 0.395 e. The van der Waals surface area contributed by atoms with E-state index >= 15 is 0 Å². The van der Waals surface area contributed by atoms with Gasteiger partial charge in [0.1, 0.15) is 0 Å². The molecule has 34 heavy (non-hydrogen) atoms. The van der Waals surface area contributed by atoms with Gasteiger partial charge in [-0.1, -0.05) is 30.3 Å². The van der Waals surface area contributed by atoms with E-state index in [0.717, 1.165) is 11.8 Å². The maximum atomic E-state index is 13.3. The third kappa shape index (κ3) is 4.17. The normalized spacial score (nSPS) is 14.3. The topological polar surface area (TPSA) is 99.5 Å². The van der Waals surface area contributed by atoms with Crippen LogP contribution in [0.4, 0.5) is 14.5 Å². The predicted molar refractivity (Wildman–Crippen MR) is 119 cm³/mol. The molecule has 4 aromatic rings. The third-order valence-corrected chi connectivity index (χ3v) is 6.34. The molecule has 1 aromatic heterocycles. The molecule has 8 nitrogen and oxygen atoms in total. The number of halogens is 2. The SMILES string of the molecule is CS(=O)(=O)c1ccc(Cn2nc(C(=O)Nc3ccc4c(c3)OC(F)(F)O4)c3ccccc32)cc1. The average Bonchev–Trinajstić information content (AvgIpc) is 3.29. The summed E-state index contributed by atoms with van der Waals surface area (Å²) in [6.07, 6.45) is -2.61. The maximum absolute atomic E-state index is 13.3. The van der Waals surface area contributed by atoms with Gasteiger partial charge in [-0.3, -0.25) is 9.48 Å². The fraction of sp³-hybridized carbons (Fsp3) is 0.130. The summed E-state index contributed by atoms with van der Waals surface area (Å²) in [5.41, 5.74) is 1.88. The molecule has 0 aliphatic carbocycles. The van der Waals surface area contributed by atoms with Gasteiger partial charge in [-0.05, 0) is 35.9 Å². The first-order valence-electron chi connectivity index (χ1n) is 10.0. The molecule has 0 radical (unpaired) electrons. The minimum atomic E-state index is -3.75. The fourth-order valence-corrected chi connectivity index (χ4v) is 4.28. The number of hydrogen-bond acceptors (Lipinski definition) is 6. The van der Waals surface area contributed by atoms with Crippen LogP contribution in [0.2, 0.25) is 0 Å². The zero-order valence-corrected chi connectivity index (χ0v) is 18.5. The summed E-state index contributed by atoms with van der Waals surface area (Å²) in [6, 6.07) is 17.5. The first-order chi connectivity index (χ1) is 16.1. The van der Waals surface area contributed by atoms with Crippen molar-refractivity contribution in [1.82, 2.24) is 9.78 Å². The second kappa shape index (κ2) is 7.80. The lowest BCUT2D eigenvalue weighted by Crippen LogP contribution is -2.25. The number of amides is 1. The van der Waals surface area contributed by atoms with Gasteiger partial charge in [-0.2, -0.15) is 5.10 Å². The van der Waals surface area contributed by atoms with Crippen LogP contribution < -0.4 is 14.8 Å². The number of carbonyl (C=O) groups excluding carboxylic acids is 1. The molecule has 0 saturated heterocycles. The van der Waals surface area contributed by atoms with Crippen LogP contribution >= 0.6 is 0 Å². The highest BCUT2D eigenvalue weighted by atomic mass is 32.2. The van der Waals surface area contributed by atoms with Gasteiger partial charge in [0.2, 0.25) is 0 Å². The van der Waals surface area contributed by atoms with Crippen molar-refractivity contribution >= 4 is 32.3 Å². The van der Waals surface area contributed by atoms with E-state index in [4.69, 9.17) is 0 Å². The number of ether oxygens (including phenoxy) is 2. The van der Waals surface area contributed by atoms with Crippen LogP contribution in [-0.2, 0) is 16.4 Å². The van der Waals surface area contributed by atoms with Gasteiger partial charge in [0, 0.05) is 23.4 Å². The molecular formula is C23H17F2N3O5S. The summed E-state index contributed by atoms with van der Waals surface area (Å²) < 4.78 is 60.3. The van der Waals surface area contributed by atoms with E-state index in [1.165, 1.54) is 30.3 Å². The van der Waals surface area contributed by atoms with E-state index in [9.17, 15) is 22.0 Å². The van der Waals surface area contributed by atoms with Gasteiger partial charge in [0.15, 0.2) is 27.0 Å². The molecule has 0 spiro atoms. The zero-order valence-electron chi connectivity index (χ0n) is 17.7. The van der Waals surface area contributed by atoms with Crippen LogP contribution in [0.25, 0.3) is 10.9 Å². The van der Waals surface area contributed by atoms with Crippen LogP contribution in [0.3, 0.4) is 0 Å². The average molecular weight is 485 g/mol. The van der Waals surface area contributed by atoms with Gasteiger partial charge in [-0.15, -0.1) is 8.78 Å². The summed E-state index contributed by atoms with van der Waals surface area (Å²) in [5.74, 6) is -0.844. The van der Waals surface area contributed by atoms with Crippen molar-refractivity contribution in [2.45, 2.75) is 17.7 Å². The summed E-state index contributed by atoms with van der Waals surface area (Å²) in [7, 11) is -3.31. The number of sulfone groups is 1. The molecule has 5 rings (SSSR count). The minimum absolute atomic E-state index is 0.125. The van der Waals surface area contributed by atoms with E-state index in [1.54, 1.807) is 28.9 Å². The highest BCUT2D eigenvalue weighted by Crippen LogP contribution is 2.42. The second-order valence-electron chi connectivity index (χ2n) is 7.72. The minimum Gasteiger partial charge on any atom is -0.395 e. The molecular weight excluding hydrogens is 468 g/mol. The van der Waals surface area contributed by atoms with E-state index in [-0.39, 0.29) is 27.8 Å². The number of fused-ring (bicyclic) bond motifs is 2. The molecule has 0 atom stereocenters. The number of benzene rings is 3. The van der Waals surface area contributed by atoms with Crippen molar-refractivity contribution < 1.29 is 31.5 Å². The van der Waals surface area contributed by atoms with Gasteiger partial charge in [0.05, 0.1) is 17.0 Å². The van der Waals surface area contributed by atoms with Crippen molar-refractivity contribution in [3.05, 3.63) is 78.0 Å². The number of rotatable bonds is 5. The Morgan fingerprint density at radius 3 is 2.47 bits per heavy atom. The molecule has 3 aromatic carbocycles. The number of hydrogen-bond donors (Lipinski definition) is 1. The molecule has 1 N–H and O–H groups in total. The fourth-order valence-electron chi connectivity index (χ4n) is 3.65. The number of nitrogens with one attached hydrogen (secondary N) is 1. The van der Waals surface area contributed by atoms with Crippen molar-refractivity contribution in [2.75, 3.05) is 11.6 Å². The Hall–Kier alpha value is -3.99. The van der Waals surface area contributed by atoms with Gasteiger partial charge in [-0.25, -0.2) is 8.42 Å². The van der Waals surface area contributed by atoms with Gasteiger partial charge >= 0.3 is 6.29 Å². The Morgan fingerprint density at radius 2 is 1.74 bits per heavy atom. The van der Waals surface area contributed by atoms with Crippen molar-refractivity contribution in [1.29, 1.82) is 0 Å².